The van der Waals surface area contributed by atoms with Crippen molar-refractivity contribution in [1.82, 2.24) is 4.98 Å². The molecule has 1 aromatic heterocycles. The minimum atomic E-state index is -0.246. The molecule has 7 heteroatoms. The molecule has 0 aliphatic heterocycles. The molecule has 0 aliphatic rings. The molecule has 0 spiro atoms. The van der Waals surface area contributed by atoms with Gasteiger partial charge in [-0.2, -0.15) is 0 Å². The number of thiazole rings is 1. The number of aromatic nitrogens is 1. The number of nitrogen functional groups attached to an aromatic ring is 1. The molecule has 3 N–H and O–H groups in total. The van der Waals surface area contributed by atoms with Crippen LogP contribution in [-0.4, -0.2) is 10.9 Å². The summed E-state index contributed by atoms with van der Waals surface area (Å²) in [7, 11) is 0. The van der Waals surface area contributed by atoms with Gasteiger partial charge in [-0.3, -0.25) is 4.79 Å². The summed E-state index contributed by atoms with van der Waals surface area (Å²) < 4.78 is 0.760. The van der Waals surface area contributed by atoms with E-state index >= 15 is 0 Å². The van der Waals surface area contributed by atoms with E-state index in [9.17, 15) is 4.79 Å². The second kappa shape index (κ2) is 5.26. The van der Waals surface area contributed by atoms with Crippen LogP contribution in [0.5, 0.6) is 0 Å². The van der Waals surface area contributed by atoms with Crippen molar-refractivity contribution >= 4 is 55.6 Å². The van der Waals surface area contributed by atoms with Gasteiger partial charge in [-0.1, -0.05) is 22.9 Å². The topological polar surface area (TPSA) is 68.0 Å². The second-order valence-electron chi connectivity index (χ2n) is 3.54. The lowest BCUT2D eigenvalue weighted by Gasteiger charge is -2.06. The lowest BCUT2D eigenvalue weighted by Crippen LogP contribution is -2.11. The Morgan fingerprint density at radius 1 is 1.56 bits per heavy atom. The average Bonchev–Trinajstić information content (AvgIpc) is 2.63. The number of halogens is 2. The molecular formula is C11H9BrClN3OS. The second-order valence-corrected chi connectivity index (χ2v) is 5.87. The molecule has 1 aromatic carbocycles. The summed E-state index contributed by atoms with van der Waals surface area (Å²) in [4.78, 5) is 16.6. The van der Waals surface area contributed by atoms with Gasteiger partial charge >= 0.3 is 0 Å². The number of nitrogens with one attached hydrogen (secondary N) is 1. The summed E-state index contributed by atoms with van der Waals surface area (Å²) in [5.74, 6) is -0.246. The molecule has 0 aliphatic carbocycles. The van der Waals surface area contributed by atoms with Crippen LogP contribution in [0.2, 0.25) is 5.02 Å². The summed E-state index contributed by atoms with van der Waals surface area (Å²) in [6, 6.07) is 5.17. The summed E-state index contributed by atoms with van der Waals surface area (Å²) in [6.45, 7) is 1.74. The molecule has 0 radical (unpaired) electrons. The number of nitrogens with zero attached hydrogens (tertiary/aromatic N) is 1. The van der Waals surface area contributed by atoms with Gasteiger partial charge in [-0.05, 0) is 41.1 Å². The van der Waals surface area contributed by atoms with E-state index in [4.69, 9.17) is 17.3 Å². The zero-order valence-electron chi connectivity index (χ0n) is 9.33. The number of nitrogens with two attached hydrogens (primary N) is 1. The molecular weight excluding hydrogens is 338 g/mol. The number of benzene rings is 1. The largest absolute Gasteiger partial charge is 0.375 e. The lowest BCUT2D eigenvalue weighted by atomic mass is 10.3. The summed E-state index contributed by atoms with van der Waals surface area (Å²) >= 11 is 10.4. The maximum atomic E-state index is 12.1. The third-order valence-electron chi connectivity index (χ3n) is 2.20. The standard InChI is InChI=1S/C11H9BrClN3OS/c1-5-9(18-11(14)15-5)10(17)16-8-4-6(13)2-3-7(8)12/h2-4H,1H3,(H2,14,15)(H,16,17). The van der Waals surface area contributed by atoms with Crippen molar-refractivity contribution in [1.29, 1.82) is 0 Å². The fourth-order valence-electron chi connectivity index (χ4n) is 1.40. The minimum Gasteiger partial charge on any atom is -0.375 e. The van der Waals surface area contributed by atoms with E-state index in [1.165, 1.54) is 0 Å². The number of anilines is 2. The van der Waals surface area contributed by atoms with Crippen LogP contribution in [0.1, 0.15) is 15.4 Å². The molecule has 1 amide bonds. The van der Waals surface area contributed by atoms with E-state index < -0.39 is 0 Å². The van der Waals surface area contributed by atoms with E-state index in [1.807, 2.05) is 0 Å². The molecule has 0 saturated carbocycles. The van der Waals surface area contributed by atoms with Gasteiger partial charge in [0.2, 0.25) is 0 Å². The van der Waals surface area contributed by atoms with Crippen molar-refractivity contribution in [3.8, 4) is 0 Å². The predicted octanol–water partition coefficient (Wildman–Crippen LogP) is 3.70. The average molecular weight is 347 g/mol. The van der Waals surface area contributed by atoms with Crippen molar-refractivity contribution in [2.45, 2.75) is 6.92 Å². The van der Waals surface area contributed by atoms with Gasteiger partial charge in [0.15, 0.2) is 5.13 Å². The van der Waals surface area contributed by atoms with E-state index in [1.54, 1.807) is 25.1 Å². The Labute approximate surface area is 121 Å². The van der Waals surface area contributed by atoms with Gasteiger partial charge in [-0.25, -0.2) is 4.98 Å². The van der Waals surface area contributed by atoms with Crippen LogP contribution in [-0.2, 0) is 0 Å². The number of hydrogen-bond donors (Lipinski definition) is 2. The number of aryl methyl sites for hydroxylation is 1. The molecule has 2 aromatic rings. The maximum Gasteiger partial charge on any atom is 0.267 e. The van der Waals surface area contributed by atoms with Crippen molar-refractivity contribution in [2.24, 2.45) is 0 Å². The highest BCUT2D eigenvalue weighted by atomic mass is 79.9. The van der Waals surface area contributed by atoms with Gasteiger partial charge < -0.3 is 11.1 Å². The normalized spacial score (nSPS) is 10.4. The molecule has 1 heterocycles. The molecule has 0 saturated heterocycles. The minimum absolute atomic E-state index is 0.246. The zero-order chi connectivity index (χ0) is 13.3. The molecule has 2 rings (SSSR count). The van der Waals surface area contributed by atoms with Crippen molar-refractivity contribution in [3.63, 3.8) is 0 Å². The first-order valence-electron chi connectivity index (χ1n) is 4.96. The van der Waals surface area contributed by atoms with E-state index in [2.05, 4.69) is 26.2 Å². The van der Waals surface area contributed by atoms with Gasteiger partial charge in [0.1, 0.15) is 4.88 Å². The van der Waals surface area contributed by atoms with Crippen molar-refractivity contribution in [3.05, 3.63) is 38.3 Å². The fraction of sp³-hybridized carbons (Fsp3) is 0.0909. The third kappa shape index (κ3) is 2.82. The third-order valence-corrected chi connectivity index (χ3v) is 4.11. The van der Waals surface area contributed by atoms with Crippen LogP contribution in [0, 0.1) is 6.92 Å². The van der Waals surface area contributed by atoms with Gasteiger partial charge in [-0.15, -0.1) is 0 Å². The van der Waals surface area contributed by atoms with Crippen molar-refractivity contribution in [2.75, 3.05) is 11.1 Å². The highest BCUT2D eigenvalue weighted by Crippen LogP contribution is 2.27. The SMILES string of the molecule is Cc1nc(N)sc1C(=O)Nc1cc(Cl)ccc1Br. The Morgan fingerprint density at radius 2 is 2.28 bits per heavy atom. The molecule has 0 unspecified atom stereocenters. The molecule has 0 fully saturated rings. The zero-order valence-corrected chi connectivity index (χ0v) is 12.5. The highest BCUT2D eigenvalue weighted by Gasteiger charge is 2.15. The number of hydrogen-bond acceptors (Lipinski definition) is 4. The Morgan fingerprint density at radius 3 is 2.89 bits per heavy atom. The van der Waals surface area contributed by atoms with Gasteiger partial charge in [0.05, 0.1) is 11.4 Å². The van der Waals surface area contributed by atoms with E-state index in [0.717, 1.165) is 15.8 Å². The molecule has 0 bridgehead atoms. The van der Waals surface area contributed by atoms with Crippen LogP contribution in [0.15, 0.2) is 22.7 Å². The Hall–Kier alpha value is -1.11. The van der Waals surface area contributed by atoms with Gasteiger partial charge in [0.25, 0.3) is 5.91 Å². The first-order chi connectivity index (χ1) is 8.47. The Bertz CT molecular complexity index is 614. The molecule has 4 nitrogen and oxygen atoms in total. The number of amides is 1. The van der Waals surface area contributed by atoms with Crippen LogP contribution >= 0.6 is 38.9 Å². The van der Waals surface area contributed by atoms with E-state index in [-0.39, 0.29) is 5.91 Å². The van der Waals surface area contributed by atoms with Crippen LogP contribution < -0.4 is 11.1 Å². The molecule has 18 heavy (non-hydrogen) atoms. The molecule has 94 valence electrons. The quantitative estimate of drug-likeness (QED) is 0.871. The van der Waals surface area contributed by atoms with E-state index in [0.29, 0.717) is 26.4 Å². The monoisotopic (exact) mass is 345 g/mol. The smallest absolute Gasteiger partial charge is 0.267 e. The van der Waals surface area contributed by atoms with Crippen LogP contribution in [0.4, 0.5) is 10.8 Å². The number of rotatable bonds is 2. The van der Waals surface area contributed by atoms with Crippen LogP contribution in [0.3, 0.4) is 0 Å². The van der Waals surface area contributed by atoms with Crippen molar-refractivity contribution < 1.29 is 4.79 Å². The number of carbonyl (C=O) groups is 1. The predicted molar refractivity (Wildman–Crippen MR) is 78.4 cm³/mol. The first kappa shape index (κ1) is 13.3. The number of carbonyl (C=O) groups excluding carboxylic acids is 1. The highest BCUT2D eigenvalue weighted by molar-refractivity contribution is 9.10. The van der Waals surface area contributed by atoms with Crippen LogP contribution in [0.25, 0.3) is 0 Å². The summed E-state index contributed by atoms with van der Waals surface area (Å²) in [6.07, 6.45) is 0. The molecule has 0 atom stereocenters. The Kier molecular flexibility index (Phi) is 3.89. The fourth-order valence-corrected chi connectivity index (χ4v) is 2.65. The summed E-state index contributed by atoms with van der Waals surface area (Å²) in [5.41, 5.74) is 6.79. The summed E-state index contributed by atoms with van der Waals surface area (Å²) in [5, 5.41) is 3.69. The first-order valence-corrected chi connectivity index (χ1v) is 6.95. The lowest BCUT2D eigenvalue weighted by molar-refractivity contribution is 0.103. The van der Waals surface area contributed by atoms with Gasteiger partial charge in [0, 0.05) is 9.50 Å². The Balaban J connectivity index is 2.26. The maximum absolute atomic E-state index is 12.1.